The fourth-order valence-corrected chi connectivity index (χ4v) is 5.16. The lowest BCUT2D eigenvalue weighted by molar-refractivity contribution is -0.141. The zero-order valence-corrected chi connectivity index (χ0v) is 20.8. The van der Waals surface area contributed by atoms with Gasteiger partial charge in [0.1, 0.15) is 5.82 Å². The number of rotatable bonds is 6. The third kappa shape index (κ3) is 6.66. The lowest BCUT2D eigenvalue weighted by Gasteiger charge is -2.44. The van der Waals surface area contributed by atoms with Crippen LogP contribution in [0.2, 0.25) is 0 Å². The topological polar surface area (TPSA) is 61.8 Å². The molecule has 2 aliphatic rings. The highest BCUT2D eigenvalue weighted by Gasteiger charge is 2.36. The van der Waals surface area contributed by atoms with Crippen molar-refractivity contribution in [3.63, 3.8) is 0 Å². The Kier molecular flexibility index (Phi) is 8.33. The number of anilines is 1. The summed E-state index contributed by atoms with van der Waals surface area (Å²) in [6.45, 7) is 8.17. The maximum Gasteiger partial charge on any atom is 0.434 e. The van der Waals surface area contributed by atoms with Crippen molar-refractivity contribution in [2.24, 2.45) is 5.92 Å². The van der Waals surface area contributed by atoms with Crippen LogP contribution in [0.1, 0.15) is 44.4 Å². The first-order valence-electron chi connectivity index (χ1n) is 12.6. The molecule has 0 aliphatic carbocycles. The van der Waals surface area contributed by atoms with E-state index in [4.69, 9.17) is 4.74 Å². The number of carbonyl (C=O) groups excluding carboxylic acids is 1. The van der Waals surface area contributed by atoms with E-state index in [1.807, 2.05) is 24.8 Å². The normalized spacial score (nSPS) is 22.0. The van der Waals surface area contributed by atoms with E-state index in [0.717, 1.165) is 51.3 Å². The first kappa shape index (κ1) is 26.2. The van der Waals surface area contributed by atoms with Gasteiger partial charge in [-0.2, -0.15) is 13.2 Å². The van der Waals surface area contributed by atoms with Crippen LogP contribution in [0.15, 0.2) is 42.7 Å². The standard InChI is InChI=1S/C26H34F3N5O2/c1-19-16-33(24-15-30-23(14-31-24)26(27,28)29)17-20(2)34(19)25(35)36-13-10-21-8-11-32(12-9-21)18-22-6-4-3-5-7-22/h3-7,14-15,19-21H,8-13,16-18H2,1-2H3. The summed E-state index contributed by atoms with van der Waals surface area (Å²) in [5.41, 5.74) is 0.315. The molecule has 196 valence electrons. The summed E-state index contributed by atoms with van der Waals surface area (Å²) in [5.74, 6) is 0.920. The SMILES string of the molecule is CC1CN(c2cnc(C(F)(F)F)cn2)CC(C)N1C(=O)OCCC1CCN(Cc2ccccc2)CC1. The minimum Gasteiger partial charge on any atom is -0.449 e. The largest absolute Gasteiger partial charge is 0.449 e. The molecule has 0 spiro atoms. The zero-order valence-electron chi connectivity index (χ0n) is 20.8. The lowest BCUT2D eigenvalue weighted by atomic mass is 9.93. The van der Waals surface area contributed by atoms with Crippen LogP contribution < -0.4 is 4.90 Å². The van der Waals surface area contributed by atoms with Crippen LogP contribution in [0, 0.1) is 5.92 Å². The predicted molar refractivity (Wildman–Crippen MR) is 130 cm³/mol. The second-order valence-electron chi connectivity index (χ2n) is 9.88. The summed E-state index contributed by atoms with van der Waals surface area (Å²) < 4.78 is 43.9. The van der Waals surface area contributed by atoms with Gasteiger partial charge < -0.3 is 9.64 Å². The number of ether oxygens (including phenoxy) is 1. The van der Waals surface area contributed by atoms with Crippen LogP contribution in [-0.2, 0) is 17.5 Å². The number of hydrogen-bond acceptors (Lipinski definition) is 6. The van der Waals surface area contributed by atoms with Crippen molar-refractivity contribution in [2.45, 2.75) is 57.9 Å². The molecule has 3 heterocycles. The Bertz CT molecular complexity index is 969. The van der Waals surface area contributed by atoms with E-state index in [9.17, 15) is 18.0 Å². The van der Waals surface area contributed by atoms with E-state index in [1.54, 1.807) is 4.90 Å². The smallest absolute Gasteiger partial charge is 0.434 e. The maximum absolute atomic E-state index is 12.8. The van der Waals surface area contributed by atoms with Crippen molar-refractivity contribution in [3.8, 4) is 0 Å². The van der Waals surface area contributed by atoms with Crippen molar-refractivity contribution in [1.29, 1.82) is 0 Å². The summed E-state index contributed by atoms with van der Waals surface area (Å²) in [5, 5.41) is 0. The zero-order chi connectivity index (χ0) is 25.7. The van der Waals surface area contributed by atoms with Crippen LogP contribution in [0.25, 0.3) is 0 Å². The van der Waals surface area contributed by atoms with Gasteiger partial charge in [-0.1, -0.05) is 30.3 Å². The molecule has 2 saturated heterocycles. The highest BCUT2D eigenvalue weighted by molar-refractivity contribution is 5.69. The average Bonchev–Trinajstić information content (AvgIpc) is 2.85. The molecule has 0 N–H and O–H groups in total. The fourth-order valence-electron chi connectivity index (χ4n) is 5.16. The second kappa shape index (κ2) is 11.5. The minimum atomic E-state index is -4.52. The molecule has 1 amide bonds. The van der Waals surface area contributed by atoms with Gasteiger partial charge in [-0.25, -0.2) is 14.8 Å². The molecule has 2 fully saturated rings. The molecule has 0 bridgehead atoms. The number of alkyl halides is 3. The molecule has 2 aromatic rings. The van der Waals surface area contributed by atoms with Crippen molar-refractivity contribution in [1.82, 2.24) is 19.8 Å². The molecule has 36 heavy (non-hydrogen) atoms. The van der Waals surface area contributed by atoms with Gasteiger partial charge in [0.15, 0.2) is 5.69 Å². The number of piperidine rings is 1. The van der Waals surface area contributed by atoms with Crippen molar-refractivity contribution in [3.05, 3.63) is 54.0 Å². The quantitative estimate of drug-likeness (QED) is 0.560. The van der Waals surface area contributed by atoms with Crippen molar-refractivity contribution >= 4 is 11.9 Å². The predicted octanol–water partition coefficient (Wildman–Crippen LogP) is 4.83. The number of amides is 1. The highest BCUT2D eigenvalue weighted by atomic mass is 19.4. The van der Waals surface area contributed by atoms with E-state index in [2.05, 4.69) is 39.1 Å². The van der Waals surface area contributed by atoms with Gasteiger partial charge >= 0.3 is 12.3 Å². The van der Waals surface area contributed by atoms with Gasteiger partial charge in [-0.05, 0) is 57.7 Å². The number of hydrogen-bond donors (Lipinski definition) is 0. The molecule has 1 aromatic carbocycles. The van der Waals surface area contributed by atoms with Crippen molar-refractivity contribution in [2.75, 3.05) is 37.7 Å². The van der Waals surface area contributed by atoms with Gasteiger partial charge in [0, 0.05) is 19.6 Å². The Morgan fingerprint density at radius 2 is 1.69 bits per heavy atom. The molecular formula is C26H34F3N5O2. The molecule has 4 rings (SSSR count). The van der Waals surface area contributed by atoms with E-state index in [0.29, 0.717) is 31.4 Å². The Labute approximate surface area is 210 Å². The van der Waals surface area contributed by atoms with Gasteiger partial charge in [0.25, 0.3) is 0 Å². The molecule has 0 radical (unpaired) electrons. The Morgan fingerprint density at radius 1 is 1.03 bits per heavy atom. The molecule has 7 nitrogen and oxygen atoms in total. The molecule has 1 aromatic heterocycles. The highest BCUT2D eigenvalue weighted by Crippen LogP contribution is 2.28. The van der Waals surface area contributed by atoms with Crippen LogP contribution in [0.3, 0.4) is 0 Å². The number of halogens is 3. The van der Waals surface area contributed by atoms with Gasteiger partial charge in [-0.15, -0.1) is 0 Å². The van der Waals surface area contributed by atoms with Crippen LogP contribution in [0.5, 0.6) is 0 Å². The van der Waals surface area contributed by atoms with Gasteiger partial charge in [0.2, 0.25) is 0 Å². The molecular weight excluding hydrogens is 471 g/mol. The number of nitrogens with zero attached hydrogens (tertiary/aromatic N) is 5. The van der Waals surface area contributed by atoms with E-state index < -0.39 is 11.9 Å². The van der Waals surface area contributed by atoms with Gasteiger partial charge in [-0.3, -0.25) is 9.80 Å². The Hall–Kier alpha value is -2.88. The number of carbonyl (C=O) groups is 1. The summed E-state index contributed by atoms with van der Waals surface area (Å²) in [6, 6.07) is 10.1. The van der Waals surface area contributed by atoms with Crippen LogP contribution >= 0.6 is 0 Å². The summed E-state index contributed by atoms with van der Waals surface area (Å²) >= 11 is 0. The molecule has 2 atom stereocenters. The first-order valence-corrected chi connectivity index (χ1v) is 12.6. The van der Waals surface area contributed by atoms with E-state index in [1.165, 1.54) is 5.56 Å². The monoisotopic (exact) mass is 505 g/mol. The average molecular weight is 506 g/mol. The molecule has 2 aliphatic heterocycles. The molecule has 0 saturated carbocycles. The minimum absolute atomic E-state index is 0.174. The van der Waals surface area contributed by atoms with Gasteiger partial charge in [0.05, 0.1) is 31.1 Å². The van der Waals surface area contributed by atoms with Crippen LogP contribution in [-0.4, -0.2) is 70.7 Å². The summed E-state index contributed by atoms with van der Waals surface area (Å²) in [7, 11) is 0. The molecule has 2 unspecified atom stereocenters. The summed E-state index contributed by atoms with van der Waals surface area (Å²) in [6.07, 6.45) is 0.0878. The number of likely N-dealkylation sites (tertiary alicyclic amines) is 1. The lowest BCUT2D eigenvalue weighted by Crippen LogP contribution is -2.59. The first-order chi connectivity index (χ1) is 17.2. The van der Waals surface area contributed by atoms with Crippen LogP contribution in [0.4, 0.5) is 23.8 Å². The molecule has 10 heteroatoms. The second-order valence-corrected chi connectivity index (χ2v) is 9.88. The number of piperazine rings is 1. The fraction of sp³-hybridized carbons (Fsp3) is 0.577. The number of benzene rings is 1. The number of aromatic nitrogens is 2. The third-order valence-corrected chi connectivity index (χ3v) is 7.09. The van der Waals surface area contributed by atoms with Crippen molar-refractivity contribution < 1.29 is 22.7 Å². The van der Waals surface area contributed by atoms with E-state index >= 15 is 0 Å². The third-order valence-electron chi connectivity index (χ3n) is 7.09. The van der Waals surface area contributed by atoms with E-state index in [-0.39, 0.29) is 18.2 Å². The summed E-state index contributed by atoms with van der Waals surface area (Å²) in [4.78, 5) is 26.3. The Morgan fingerprint density at radius 3 is 2.28 bits per heavy atom. The maximum atomic E-state index is 12.8. The Balaban J connectivity index is 1.20.